The lowest BCUT2D eigenvalue weighted by Crippen LogP contribution is -2.33. The number of Topliss-reactive ketones (excluding diaryl/α,β-unsaturated/α-hetero) is 1. The molecule has 0 radical (unpaired) electrons. The molecule has 1 heterocycles. The first-order valence-corrected chi connectivity index (χ1v) is 9.24. The molecule has 3 aromatic rings. The fourth-order valence-electron chi connectivity index (χ4n) is 2.66. The SMILES string of the molecule is CC(=O)c1cccc(NCC(=O)NC(c2ccccc2)c2cccs2)c1. The van der Waals surface area contributed by atoms with Crippen molar-refractivity contribution < 1.29 is 9.59 Å². The highest BCUT2D eigenvalue weighted by atomic mass is 32.1. The van der Waals surface area contributed by atoms with E-state index in [1.54, 1.807) is 29.5 Å². The Hall–Kier alpha value is -2.92. The second-order valence-corrected chi connectivity index (χ2v) is 6.90. The predicted octanol–water partition coefficient (Wildman–Crippen LogP) is 4.27. The van der Waals surface area contributed by atoms with Gasteiger partial charge in [0, 0.05) is 16.1 Å². The summed E-state index contributed by atoms with van der Waals surface area (Å²) in [6, 6.07) is 20.9. The molecule has 26 heavy (non-hydrogen) atoms. The molecule has 0 aliphatic carbocycles. The van der Waals surface area contributed by atoms with E-state index < -0.39 is 0 Å². The van der Waals surface area contributed by atoms with E-state index in [1.165, 1.54) is 6.92 Å². The van der Waals surface area contributed by atoms with Crippen LogP contribution in [0, 0.1) is 0 Å². The van der Waals surface area contributed by atoms with Gasteiger partial charge in [0.05, 0.1) is 12.6 Å². The highest BCUT2D eigenvalue weighted by Crippen LogP contribution is 2.25. The minimum Gasteiger partial charge on any atom is -0.376 e. The van der Waals surface area contributed by atoms with E-state index in [4.69, 9.17) is 0 Å². The summed E-state index contributed by atoms with van der Waals surface area (Å²) in [5.74, 6) is -0.111. The van der Waals surface area contributed by atoms with Gasteiger partial charge in [-0.1, -0.05) is 48.5 Å². The summed E-state index contributed by atoms with van der Waals surface area (Å²) in [5.41, 5.74) is 2.42. The molecule has 0 saturated carbocycles. The third-order valence-electron chi connectivity index (χ3n) is 3.99. The maximum Gasteiger partial charge on any atom is 0.240 e. The first-order chi connectivity index (χ1) is 12.6. The number of anilines is 1. The molecule has 5 heteroatoms. The summed E-state index contributed by atoms with van der Waals surface area (Å²) >= 11 is 1.61. The van der Waals surface area contributed by atoms with Gasteiger partial charge in [-0.05, 0) is 36.1 Å². The molecule has 0 aliphatic heterocycles. The molecule has 1 unspecified atom stereocenters. The van der Waals surface area contributed by atoms with E-state index in [-0.39, 0.29) is 24.3 Å². The van der Waals surface area contributed by atoms with Crippen molar-refractivity contribution in [2.24, 2.45) is 0 Å². The first-order valence-electron chi connectivity index (χ1n) is 8.36. The summed E-state index contributed by atoms with van der Waals surface area (Å²) in [6.45, 7) is 1.66. The van der Waals surface area contributed by atoms with Crippen LogP contribution in [0.15, 0.2) is 72.1 Å². The molecule has 1 atom stereocenters. The van der Waals surface area contributed by atoms with Crippen molar-refractivity contribution in [1.82, 2.24) is 5.32 Å². The Balaban J connectivity index is 1.67. The average Bonchev–Trinajstić information content (AvgIpc) is 3.20. The molecule has 0 aliphatic rings. The first kappa shape index (κ1) is 17.9. The van der Waals surface area contributed by atoms with Crippen LogP contribution >= 0.6 is 11.3 Å². The van der Waals surface area contributed by atoms with E-state index in [0.29, 0.717) is 5.56 Å². The quantitative estimate of drug-likeness (QED) is 0.616. The maximum absolute atomic E-state index is 12.5. The number of hydrogen-bond acceptors (Lipinski definition) is 4. The van der Waals surface area contributed by atoms with E-state index in [1.807, 2.05) is 53.9 Å². The molecular weight excluding hydrogens is 344 g/mol. The number of nitrogens with one attached hydrogen (secondary N) is 2. The smallest absolute Gasteiger partial charge is 0.240 e. The van der Waals surface area contributed by atoms with Crippen LogP contribution in [0.5, 0.6) is 0 Å². The zero-order valence-corrected chi connectivity index (χ0v) is 15.3. The largest absolute Gasteiger partial charge is 0.376 e. The number of ketones is 1. The summed E-state index contributed by atoms with van der Waals surface area (Å²) in [6.07, 6.45) is 0. The average molecular weight is 364 g/mol. The van der Waals surface area contributed by atoms with Crippen molar-refractivity contribution in [2.45, 2.75) is 13.0 Å². The normalized spacial score (nSPS) is 11.6. The number of amides is 1. The molecule has 1 aromatic heterocycles. The van der Waals surface area contributed by atoms with E-state index in [2.05, 4.69) is 10.6 Å². The fourth-order valence-corrected chi connectivity index (χ4v) is 3.46. The predicted molar refractivity (Wildman–Crippen MR) is 106 cm³/mol. The van der Waals surface area contributed by atoms with Crippen molar-refractivity contribution in [3.05, 3.63) is 88.1 Å². The second-order valence-electron chi connectivity index (χ2n) is 5.92. The second kappa shape index (κ2) is 8.45. The van der Waals surface area contributed by atoms with Crippen LogP contribution in [0.3, 0.4) is 0 Å². The van der Waals surface area contributed by atoms with Crippen molar-refractivity contribution in [3.8, 4) is 0 Å². The maximum atomic E-state index is 12.5. The van der Waals surface area contributed by atoms with Gasteiger partial charge in [-0.15, -0.1) is 11.3 Å². The van der Waals surface area contributed by atoms with Crippen LogP contribution < -0.4 is 10.6 Å². The van der Waals surface area contributed by atoms with Crippen molar-refractivity contribution in [1.29, 1.82) is 0 Å². The number of carbonyl (C=O) groups is 2. The van der Waals surface area contributed by atoms with Gasteiger partial charge in [0.1, 0.15) is 0 Å². The summed E-state index contributed by atoms with van der Waals surface area (Å²) in [5, 5.41) is 8.17. The molecule has 2 N–H and O–H groups in total. The Bertz CT molecular complexity index is 876. The number of benzene rings is 2. The fraction of sp³-hybridized carbons (Fsp3) is 0.143. The lowest BCUT2D eigenvalue weighted by molar-refractivity contribution is -0.119. The van der Waals surface area contributed by atoms with Gasteiger partial charge >= 0.3 is 0 Å². The van der Waals surface area contributed by atoms with Gasteiger partial charge in [-0.3, -0.25) is 9.59 Å². The number of hydrogen-bond donors (Lipinski definition) is 2. The van der Waals surface area contributed by atoms with Crippen LogP contribution in [0.4, 0.5) is 5.69 Å². The Labute approximate surface area is 156 Å². The monoisotopic (exact) mass is 364 g/mol. The molecule has 132 valence electrons. The van der Waals surface area contributed by atoms with Crippen molar-refractivity contribution >= 4 is 28.7 Å². The molecule has 1 amide bonds. The van der Waals surface area contributed by atoms with Crippen LogP contribution in [-0.4, -0.2) is 18.2 Å². The Morgan fingerprint density at radius 1 is 1.00 bits per heavy atom. The molecule has 2 aromatic carbocycles. The molecular formula is C21H20N2O2S. The molecule has 0 saturated heterocycles. The topological polar surface area (TPSA) is 58.2 Å². The van der Waals surface area contributed by atoms with Crippen LogP contribution in [0.1, 0.15) is 33.8 Å². The van der Waals surface area contributed by atoms with Crippen LogP contribution in [0.25, 0.3) is 0 Å². The molecule has 3 rings (SSSR count). The van der Waals surface area contributed by atoms with Gasteiger partial charge in [0.2, 0.25) is 5.91 Å². The van der Waals surface area contributed by atoms with Gasteiger partial charge in [-0.2, -0.15) is 0 Å². The molecule has 0 fully saturated rings. The van der Waals surface area contributed by atoms with E-state index in [9.17, 15) is 9.59 Å². The Morgan fingerprint density at radius 2 is 1.81 bits per heavy atom. The molecule has 0 spiro atoms. The lowest BCUT2D eigenvalue weighted by Gasteiger charge is -2.18. The zero-order valence-electron chi connectivity index (χ0n) is 14.4. The van der Waals surface area contributed by atoms with Gasteiger partial charge in [-0.25, -0.2) is 0 Å². The minimum atomic E-state index is -0.172. The van der Waals surface area contributed by atoms with E-state index in [0.717, 1.165) is 16.1 Å². The summed E-state index contributed by atoms with van der Waals surface area (Å²) in [7, 11) is 0. The summed E-state index contributed by atoms with van der Waals surface area (Å²) in [4.78, 5) is 25.0. The molecule has 0 bridgehead atoms. The van der Waals surface area contributed by atoms with Gasteiger partial charge in [0.15, 0.2) is 5.78 Å². The van der Waals surface area contributed by atoms with Crippen molar-refractivity contribution in [3.63, 3.8) is 0 Å². The van der Waals surface area contributed by atoms with Gasteiger partial charge < -0.3 is 10.6 Å². The Kier molecular flexibility index (Phi) is 5.81. The third-order valence-corrected chi connectivity index (χ3v) is 4.93. The highest BCUT2D eigenvalue weighted by molar-refractivity contribution is 7.10. The highest BCUT2D eigenvalue weighted by Gasteiger charge is 2.17. The summed E-state index contributed by atoms with van der Waals surface area (Å²) < 4.78 is 0. The minimum absolute atomic E-state index is 0.0000569. The standard InChI is InChI=1S/C21H20N2O2S/c1-15(24)17-9-5-10-18(13-17)22-14-20(25)23-21(19-11-6-12-26-19)16-7-3-2-4-8-16/h2-13,21-22H,14H2,1H3,(H,23,25). The van der Waals surface area contributed by atoms with Crippen LogP contribution in [-0.2, 0) is 4.79 Å². The number of carbonyl (C=O) groups excluding carboxylic acids is 2. The van der Waals surface area contributed by atoms with Crippen molar-refractivity contribution in [2.75, 3.05) is 11.9 Å². The lowest BCUT2D eigenvalue weighted by atomic mass is 10.1. The number of rotatable bonds is 7. The molecule has 4 nitrogen and oxygen atoms in total. The third kappa shape index (κ3) is 4.58. The van der Waals surface area contributed by atoms with Crippen LogP contribution in [0.2, 0.25) is 0 Å². The zero-order chi connectivity index (χ0) is 18.4. The van der Waals surface area contributed by atoms with E-state index >= 15 is 0 Å². The van der Waals surface area contributed by atoms with Gasteiger partial charge in [0.25, 0.3) is 0 Å². The Morgan fingerprint density at radius 3 is 2.50 bits per heavy atom. The number of thiophene rings is 1.